The Morgan fingerprint density at radius 2 is 2.56 bits per heavy atom. The van der Waals surface area contributed by atoms with E-state index in [1.54, 1.807) is 10.9 Å². The molecule has 0 saturated carbocycles. The molecule has 0 bridgehead atoms. The summed E-state index contributed by atoms with van der Waals surface area (Å²) in [5.74, 6) is -0.182. The lowest BCUT2D eigenvalue weighted by atomic mass is 10.2. The summed E-state index contributed by atoms with van der Waals surface area (Å²) in [6.07, 6.45) is 3.55. The third-order valence-corrected chi connectivity index (χ3v) is 2.74. The summed E-state index contributed by atoms with van der Waals surface area (Å²) < 4.78 is 1.76. The monoisotopic (exact) mass is 251 g/mol. The van der Waals surface area contributed by atoms with Gasteiger partial charge in [0.2, 0.25) is 11.8 Å². The van der Waals surface area contributed by atoms with Crippen LogP contribution in [0, 0.1) is 0 Å². The second kappa shape index (κ2) is 5.63. The molecule has 18 heavy (non-hydrogen) atoms. The third kappa shape index (κ3) is 3.30. The number of carbonyl (C=O) groups is 2. The van der Waals surface area contributed by atoms with Crippen molar-refractivity contribution < 1.29 is 9.59 Å². The van der Waals surface area contributed by atoms with E-state index in [1.165, 1.54) is 0 Å². The molecule has 2 unspecified atom stereocenters. The predicted octanol–water partition coefficient (Wildman–Crippen LogP) is -1.52. The summed E-state index contributed by atoms with van der Waals surface area (Å²) in [5.41, 5.74) is 0. The summed E-state index contributed by atoms with van der Waals surface area (Å²) >= 11 is 0. The zero-order chi connectivity index (χ0) is 13.0. The molecule has 1 aromatic heterocycles. The Labute approximate surface area is 105 Å². The molecule has 7 nitrogen and oxygen atoms in total. The lowest BCUT2D eigenvalue weighted by Gasteiger charge is -2.25. The van der Waals surface area contributed by atoms with Crippen LogP contribution in [0.15, 0.2) is 18.5 Å². The second-order valence-electron chi connectivity index (χ2n) is 4.38. The van der Waals surface area contributed by atoms with Gasteiger partial charge in [0.1, 0.15) is 6.04 Å². The Hall–Kier alpha value is -1.89. The average Bonchev–Trinajstić information content (AvgIpc) is 2.82. The highest BCUT2D eigenvalue weighted by Gasteiger charge is 2.24. The Morgan fingerprint density at radius 3 is 3.17 bits per heavy atom. The first-order valence-electron chi connectivity index (χ1n) is 5.93. The molecule has 98 valence electrons. The maximum absolute atomic E-state index is 11.9. The van der Waals surface area contributed by atoms with Crippen molar-refractivity contribution >= 4 is 11.8 Å². The van der Waals surface area contributed by atoms with Crippen LogP contribution in [-0.4, -0.2) is 46.8 Å². The van der Waals surface area contributed by atoms with Crippen LogP contribution in [-0.2, 0) is 16.1 Å². The van der Waals surface area contributed by atoms with Crippen LogP contribution < -0.4 is 16.0 Å². The molecule has 0 aliphatic carbocycles. The van der Waals surface area contributed by atoms with Crippen LogP contribution in [0.1, 0.15) is 6.92 Å². The van der Waals surface area contributed by atoms with Gasteiger partial charge in [-0.25, -0.2) is 0 Å². The molecule has 1 saturated heterocycles. The Kier molecular flexibility index (Phi) is 3.93. The fourth-order valence-corrected chi connectivity index (χ4v) is 1.83. The topological polar surface area (TPSA) is 88.1 Å². The highest BCUT2D eigenvalue weighted by molar-refractivity contribution is 5.86. The average molecular weight is 251 g/mol. The van der Waals surface area contributed by atoms with Crippen LogP contribution in [0.5, 0.6) is 0 Å². The van der Waals surface area contributed by atoms with Crippen molar-refractivity contribution in [1.29, 1.82) is 0 Å². The van der Waals surface area contributed by atoms with Gasteiger partial charge in [0.05, 0.1) is 13.1 Å². The summed E-state index contributed by atoms with van der Waals surface area (Å²) in [6, 6.07) is 1.46. The molecular formula is C11H17N5O2. The van der Waals surface area contributed by atoms with Gasteiger partial charge in [-0.1, -0.05) is 0 Å². The van der Waals surface area contributed by atoms with E-state index >= 15 is 0 Å². The minimum Gasteiger partial charge on any atom is -0.353 e. The van der Waals surface area contributed by atoms with Gasteiger partial charge in [-0.3, -0.25) is 19.6 Å². The standard InChI is InChI=1S/C11H17N5O2/c1-8(7-16-4-2-3-14-16)15-11(18)9-5-13-10(17)6-12-9/h2-4,8-9,12H,5-7H2,1H3,(H,13,17)(H,15,18). The first kappa shape index (κ1) is 12.6. The van der Waals surface area contributed by atoms with Crippen molar-refractivity contribution in [2.24, 2.45) is 0 Å². The van der Waals surface area contributed by atoms with Crippen molar-refractivity contribution in [1.82, 2.24) is 25.7 Å². The van der Waals surface area contributed by atoms with Gasteiger partial charge >= 0.3 is 0 Å². The van der Waals surface area contributed by atoms with E-state index in [2.05, 4.69) is 21.0 Å². The van der Waals surface area contributed by atoms with E-state index < -0.39 is 0 Å². The van der Waals surface area contributed by atoms with E-state index in [0.29, 0.717) is 13.1 Å². The van der Waals surface area contributed by atoms with Crippen LogP contribution in [0.4, 0.5) is 0 Å². The highest BCUT2D eigenvalue weighted by atomic mass is 16.2. The summed E-state index contributed by atoms with van der Waals surface area (Å²) in [4.78, 5) is 22.8. The quantitative estimate of drug-likeness (QED) is 0.606. The third-order valence-electron chi connectivity index (χ3n) is 2.74. The zero-order valence-corrected chi connectivity index (χ0v) is 10.2. The minimum absolute atomic E-state index is 0.0168. The number of hydrogen-bond acceptors (Lipinski definition) is 4. The van der Waals surface area contributed by atoms with E-state index in [9.17, 15) is 9.59 Å². The Morgan fingerprint density at radius 1 is 1.72 bits per heavy atom. The molecule has 3 N–H and O–H groups in total. The Balaban J connectivity index is 1.78. The largest absolute Gasteiger partial charge is 0.353 e. The van der Waals surface area contributed by atoms with Crippen LogP contribution in [0.3, 0.4) is 0 Å². The molecule has 0 radical (unpaired) electrons. The fraction of sp³-hybridized carbons (Fsp3) is 0.545. The van der Waals surface area contributed by atoms with Crippen molar-refractivity contribution in [2.45, 2.75) is 25.6 Å². The van der Waals surface area contributed by atoms with Gasteiger partial charge < -0.3 is 10.6 Å². The van der Waals surface area contributed by atoms with Crippen molar-refractivity contribution in [3.05, 3.63) is 18.5 Å². The van der Waals surface area contributed by atoms with E-state index in [-0.39, 0.29) is 30.4 Å². The number of nitrogens with zero attached hydrogens (tertiary/aromatic N) is 2. The van der Waals surface area contributed by atoms with Gasteiger partial charge in [0.25, 0.3) is 0 Å². The fourth-order valence-electron chi connectivity index (χ4n) is 1.83. The van der Waals surface area contributed by atoms with Crippen molar-refractivity contribution in [3.63, 3.8) is 0 Å². The van der Waals surface area contributed by atoms with Crippen molar-refractivity contribution in [2.75, 3.05) is 13.1 Å². The van der Waals surface area contributed by atoms with Crippen molar-refractivity contribution in [3.8, 4) is 0 Å². The van der Waals surface area contributed by atoms with Crippen LogP contribution in [0.25, 0.3) is 0 Å². The van der Waals surface area contributed by atoms with Gasteiger partial charge in [-0.2, -0.15) is 5.10 Å². The van der Waals surface area contributed by atoms with E-state index in [4.69, 9.17) is 0 Å². The summed E-state index contributed by atoms with van der Waals surface area (Å²) in [6.45, 7) is 3.06. The molecule has 2 rings (SSSR count). The molecule has 7 heteroatoms. The molecule has 1 aliphatic rings. The first-order chi connectivity index (χ1) is 8.65. The van der Waals surface area contributed by atoms with Gasteiger partial charge in [0, 0.05) is 25.0 Å². The van der Waals surface area contributed by atoms with E-state index in [0.717, 1.165) is 0 Å². The normalized spacial score (nSPS) is 21.2. The number of rotatable bonds is 4. The molecule has 1 aliphatic heterocycles. The number of aromatic nitrogens is 2. The number of amides is 2. The van der Waals surface area contributed by atoms with Crippen LogP contribution in [0.2, 0.25) is 0 Å². The molecule has 1 aromatic rings. The predicted molar refractivity (Wildman–Crippen MR) is 64.6 cm³/mol. The molecule has 1 fully saturated rings. The van der Waals surface area contributed by atoms with Crippen LogP contribution >= 0.6 is 0 Å². The number of carbonyl (C=O) groups excluding carboxylic acids is 2. The zero-order valence-electron chi connectivity index (χ0n) is 10.2. The first-order valence-corrected chi connectivity index (χ1v) is 5.93. The van der Waals surface area contributed by atoms with Gasteiger partial charge in [-0.05, 0) is 13.0 Å². The maximum Gasteiger partial charge on any atom is 0.239 e. The highest BCUT2D eigenvalue weighted by Crippen LogP contribution is 1.94. The maximum atomic E-state index is 11.9. The SMILES string of the molecule is CC(Cn1cccn1)NC(=O)C1CNC(=O)CN1. The molecule has 2 heterocycles. The lowest BCUT2D eigenvalue weighted by molar-refractivity contribution is -0.127. The van der Waals surface area contributed by atoms with Gasteiger partial charge in [0.15, 0.2) is 0 Å². The Bertz CT molecular complexity index is 407. The minimum atomic E-state index is -0.359. The molecule has 0 spiro atoms. The summed E-state index contributed by atoms with van der Waals surface area (Å²) in [7, 11) is 0. The van der Waals surface area contributed by atoms with Gasteiger partial charge in [-0.15, -0.1) is 0 Å². The smallest absolute Gasteiger partial charge is 0.239 e. The number of nitrogens with one attached hydrogen (secondary N) is 3. The van der Waals surface area contributed by atoms with E-state index in [1.807, 2.05) is 19.2 Å². The lowest BCUT2D eigenvalue weighted by Crippen LogP contribution is -2.59. The summed E-state index contributed by atoms with van der Waals surface area (Å²) in [5, 5.41) is 12.5. The molecule has 0 aromatic carbocycles. The molecule has 2 amide bonds. The molecule has 2 atom stereocenters. The second-order valence-corrected chi connectivity index (χ2v) is 4.38. The molecular weight excluding hydrogens is 234 g/mol. The number of piperazine rings is 1. The number of hydrogen-bond donors (Lipinski definition) is 3.